The normalized spacial score (nSPS) is 11.0. The van der Waals surface area contributed by atoms with E-state index in [1.165, 1.54) is 18.2 Å². The van der Waals surface area contributed by atoms with Crippen molar-refractivity contribution in [3.05, 3.63) is 47.0 Å². The zero-order valence-electron chi connectivity index (χ0n) is 10.9. The summed E-state index contributed by atoms with van der Waals surface area (Å²) in [7, 11) is 1.57. The molecule has 0 unspecified atom stereocenters. The highest BCUT2D eigenvalue weighted by Crippen LogP contribution is 2.17. The van der Waals surface area contributed by atoms with Crippen molar-refractivity contribution in [1.29, 1.82) is 0 Å². The first kappa shape index (κ1) is 14.9. The van der Waals surface area contributed by atoms with Gasteiger partial charge < -0.3 is 9.30 Å². The Labute approximate surface area is 120 Å². The van der Waals surface area contributed by atoms with Crippen LogP contribution in [0.3, 0.4) is 0 Å². The maximum Gasteiger partial charge on any atom is 0.148 e. The average molecular weight is 302 g/mol. The number of hydrogen-bond acceptors (Lipinski definition) is 3. The molecule has 0 saturated heterocycles. The van der Waals surface area contributed by atoms with Crippen LogP contribution < -0.4 is 0 Å². The Balaban J connectivity index is 2.31. The summed E-state index contributed by atoms with van der Waals surface area (Å²) in [4.78, 5) is 0. The predicted molar refractivity (Wildman–Crippen MR) is 70.6 cm³/mol. The van der Waals surface area contributed by atoms with Crippen LogP contribution in [0.1, 0.15) is 17.2 Å². The van der Waals surface area contributed by atoms with E-state index >= 15 is 0 Å². The van der Waals surface area contributed by atoms with E-state index < -0.39 is 11.6 Å². The van der Waals surface area contributed by atoms with Gasteiger partial charge in [0.25, 0.3) is 0 Å². The molecule has 108 valence electrons. The Morgan fingerprint density at radius 3 is 2.45 bits per heavy atom. The van der Waals surface area contributed by atoms with Gasteiger partial charge in [-0.15, -0.1) is 21.8 Å². The van der Waals surface area contributed by atoms with E-state index in [1.807, 2.05) is 0 Å². The number of rotatable bonds is 6. The molecular formula is C13H14ClF2N3O. The molecule has 4 nitrogen and oxygen atoms in total. The van der Waals surface area contributed by atoms with Gasteiger partial charge in [0.15, 0.2) is 0 Å². The van der Waals surface area contributed by atoms with E-state index in [4.69, 9.17) is 16.3 Å². The zero-order valence-corrected chi connectivity index (χ0v) is 11.7. The maximum absolute atomic E-state index is 13.7. The molecule has 0 N–H and O–H groups in total. The molecule has 7 heteroatoms. The number of hydrogen-bond donors (Lipinski definition) is 0. The average Bonchev–Trinajstić information content (AvgIpc) is 2.82. The van der Waals surface area contributed by atoms with Crippen molar-refractivity contribution in [2.75, 3.05) is 13.7 Å². The van der Waals surface area contributed by atoms with Crippen LogP contribution in [0.4, 0.5) is 8.78 Å². The highest BCUT2D eigenvalue weighted by Gasteiger charge is 2.16. The number of nitrogens with zero attached hydrogens (tertiary/aromatic N) is 3. The van der Waals surface area contributed by atoms with Gasteiger partial charge in [-0.25, -0.2) is 8.78 Å². The summed E-state index contributed by atoms with van der Waals surface area (Å²) in [6.07, 6.45) is 0.0200. The van der Waals surface area contributed by atoms with Gasteiger partial charge in [-0.2, -0.15) is 0 Å². The molecule has 0 bridgehead atoms. The maximum atomic E-state index is 13.7. The molecule has 1 heterocycles. The fourth-order valence-corrected chi connectivity index (χ4v) is 2.10. The second kappa shape index (κ2) is 6.76. The summed E-state index contributed by atoms with van der Waals surface area (Å²) in [5.41, 5.74) is -0.0281. The Morgan fingerprint density at radius 2 is 1.85 bits per heavy atom. The van der Waals surface area contributed by atoms with Gasteiger partial charge in [0.2, 0.25) is 0 Å². The first-order chi connectivity index (χ1) is 9.67. The van der Waals surface area contributed by atoms with E-state index in [2.05, 4.69) is 10.2 Å². The van der Waals surface area contributed by atoms with Gasteiger partial charge in [-0.3, -0.25) is 0 Å². The zero-order chi connectivity index (χ0) is 14.5. The van der Waals surface area contributed by atoms with Crippen LogP contribution in [0.2, 0.25) is 0 Å². The van der Waals surface area contributed by atoms with E-state index in [9.17, 15) is 8.78 Å². The number of aromatic nitrogens is 3. The molecule has 0 aliphatic carbocycles. The van der Waals surface area contributed by atoms with E-state index in [0.717, 1.165) is 0 Å². The molecule has 2 rings (SSSR count). The molecule has 0 radical (unpaired) electrons. The minimum absolute atomic E-state index is 0.0200. The van der Waals surface area contributed by atoms with Gasteiger partial charge in [-0.05, 0) is 12.1 Å². The van der Waals surface area contributed by atoms with E-state index in [1.54, 1.807) is 11.7 Å². The number of benzene rings is 1. The Bertz CT molecular complexity index is 569. The smallest absolute Gasteiger partial charge is 0.148 e. The van der Waals surface area contributed by atoms with Crippen LogP contribution in [0.5, 0.6) is 0 Å². The second-order valence-corrected chi connectivity index (χ2v) is 4.45. The van der Waals surface area contributed by atoms with Gasteiger partial charge in [0.05, 0.1) is 12.5 Å². The minimum atomic E-state index is -0.598. The molecule has 0 spiro atoms. The van der Waals surface area contributed by atoms with Gasteiger partial charge in [0.1, 0.15) is 23.3 Å². The molecule has 2 aromatic rings. The highest BCUT2D eigenvalue weighted by atomic mass is 35.5. The highest BCUT2D eigenvalue weighted by molar-refractivity contribution is 6.16. The topological polar surface area (TPSA) is 39.9 Å². The molecule has 0 amide bonds. The largest absolute Gasteiger partial charge is 0.383 e. The lowest BCUT2D eigenvalue weighted by Gasteiger charge is -2.09. The van der Waals surface area contributed by atoms with Crippen molar-refractivity contribution in [2.45, 2.75) is 18.8 Å². The predicted octanol–water partition coefficient (Wildman–Crippen LogP) is 2.53. The minimum Gasteiger partial charge on any atom is -0.383 e. The van der Waals surface area contributed by atoms with Crippen molar-refractivity contribution in [3.8, 4) is 0 Å². The molecule has 0 saturated carbocycles. The molecular weight excluding hydrogens is 288 g/mol. The lowest BCUT2D eigenvalue weighted by atomic mass is 10.1. The number of ether oxygens (including phenoxy) is 1. The van der Waals surface area contributed by atoms with Gasteiger partial charge in [-0.1, -0.05) is 6.07 Å². The summed E-state index contributed by atoms with van der Waals surface area (Å²) in [6, 6.07) is 3.77. The molecule has 0 fully saturated rings. The summed E-state index contributed by atoms with van der Waals surface area (Å²) < 4.78 is 34.0. The number of halogens is 3. The molecule has 0 aliphatic heterocycles. The molecule has 0 aliphatic rings. The molecule has 1 aromatic carbocycles. The fraction of sp³-hybridized carbons (Fsp3) is 0.385. The molecule has 1 aromatic heterocycles. The lowest BCUT2D eigenvalue weighted by Crippen LogP contribution is -2.12. The van der Waals surface area contributed by atoms with E-state index in [0.29, 0.717) is 24.8 Å². The summed E-state index contributed by atoms with van der Waals surface area (Å²) in [5.74, 6) is -0.00851. The van der Waals surface area contributed by atoms with Crippen molar-refractivity contribution >= 4 is 11.6 Å². The fourth-order valence-electron chi connectivity index (χ4n) is 1.90. The Morgan fingerprint density at radius 1 is 1.20 bits per heavy atom. The standard InChI is InChI=1S/C13H14ClF2N3O/c1-20-6-5-19-12(17-18-13(19)8-14)7-9-10(15)3-2-4-11(9)16/h2-4H,5-8H2,1H3. The van der Waals surface area contributed by atoms with Crippen molar-refractivity contribution in [2.24, 2.45) is 0 Å². The Kier molecular flexibility index (Phi) is 5.03. The Hall–Kier alpha value is -1.53. The quantitative estimate of drug-likeness (QED) is 0.770. The summed E-state index contributed by atoms with van der Waals surface area (Å²) in [5, 5.41) is 7.88. The van der Waals surface area contributed by atoms with Gasteiger partial charge >= 0.3 is 0 Å². The lowest BCUT2D eigenvalue weighted by molar-refractivity contribution is 0.185. The molecule has 0 atom stereocenters. The molecule has 20 heavy (non-hydrogen) atoms. The van der Waals surface area contributed by atoms with Crippen LogP contribution in [-0.2, 0) is 23.6 Å². The van der Waals surface area contributed by atoms with Crippen LogP contribution >= 0.6 is 11.6 Å². The second-order valence-electron chi connectivity index (χ2n) is 4.19. The summed E-state index contributed by atoms with van der Waals surface area (Å²) >= 11 is 5.78. The van der Waals surface area contributed by atoms with Gasteiger partial charge in [0, 0.05) is 25.6 Å². The van der Waals surface area contributed by atoms with E-state index in [-0.39, 0.29) is 17.9 Å². The first-order valence-corrected chi connectivity index (χ1v) is 6.59. The van der Waals surface area contributed by atoms with Crippen LogP contribution in [-0.4, -0.2) is 28.5 Å². The van der Waals surface area contributed by atoms with Crippen LogP contribution in [0.15, 0.2) is 18.2 Å². The van der Waals surface area contributed by atoms with Crippen molar-refractivity contribution < 1.29 is 13.5 Å². The monoisotopic (exact) mass is 301 g/mol. The third-order valence-electron chi connectivity index (χ3n) is 2.94. The third kappa shape index (κ3) is 3.13. The van der Waals surface area contributed by atoms with Crippen molar-refractivity contribution in [3.63, 3.8) is 0 Å². The van der Waals surface area contributed by atoms with Crippen LogP contribution in [0, 0.1) is 11.6 Å². The number of alkyl halides is 1. The first-order valence-electron chi connectivity index (χ1n) is 6.06. The SMILES string of the molecule is COCCn1c(CCl)nnc1Cc1c(F)cccc1F. The third-order valence-corrected chi connectivity index (χ3v) is 3.18. The van der Waals surface area contributed by atoms with Crippen LogP contribution in [0.25, 0.3) is 0 Å². The number of methoxy groups -OCH3 is 1. The van der Waals surface area contributed by atoms with Crippen molar-refractivity contribution in [1.82, 2.24) is 14.8 Å². The summed E-state index contributed by atoms with van der Waals surface area (Å²) in [6.45, 7) is 0.922.